The van der Waals surface area contributed by atoms with E-state index in [9.17, 15) is 9.59 Å². The van der Waals surface area contributed by atoms with Crippen LogP contribution in [0.2, 0.25) is 0 Å². The number of nitrogen functional groups attached to an aromatic ring is 1. The van der Waals surface area contributed by atoms with Gasteiger partial charge in [-0.3, -0.25) is 4.79 Å². The van der Waals surface area contributed by atoms with Gasteiger partial charge in [0.15, 0.2) is 0 Å². The number of aromatic carboxylic acids is 1. The Labute approximate surface area is 118 Å². The molecule has 6 heteroatoms. The van der Waals surface area contributed by atoms with Gasteiger partial charge in [-0.25, -0.2) is 4.79 Å². The smallest absolute Gasteiger partial charge is 0.335 e. The Morgan fingerprint density at radius 1 is 1.40 bits per heavy atom. The minimum absolute atomic E-state index is 0.0208. The molecular formula is C14H21N3O3. The van der Waals surface area contributed by atoms with Crippen molar-refractivity contribution in [2.45, 2.75) is 26.3 Å². The molecular weight excluding hydrogens is 258 g/mol. The molecule has 4 N–H and O–H groups in total. The van der Waals surface area contributed by atoms with Gasteiger partial charge >= 0.3 is 5.97 Å². The van der Waals surface area contributed by atoms with Crippen molar-refractivity contribution in [3.05, 3.63) is 23.8 Å². The maximum Gasteiger partial charge on any atom is 0.335 e. The van der Waals surface area contributed by atoms with E-state index in [0.717, 1.165) is 0 Å². The van der Waals surface area contributed by atoms with Gasteiger partial charge in [0.1, 0.15) is 0 Å². The zero-order chi connectivity index (χ0) is 15.3. The van der Waals surface area contributed by atoms with Gasteiger partial charge in [0.05, 0.1) is 16.9 Å². The molecule has 1 aromatic carbocycles. The van der Waals surface area contributed by atoms with Crippen LogP contribution in [0.15, 0.2) is 18.2 Å². The summed E-state index contributed by atoms with van der Waals surface area (Å²) in [5, 5.41) is 11.7. The predicted octanol–water partition coefficient (Wildman–Crippen LogP) is 1.32. The van der Waals surface area contributed by atoms with E-state index in [-0.39, 0.29) is 17.5 Å². The van der Waals surface area contributed by atoms with Gasteiger partial charge in [0.2, 0.25) is 5.91 Å². The molecule has 0 heterocycles. The number of nitrogens with one attached hydrogen (secondary N) is 1. The van der Waals surface area contributed by atoms with Crippen LogP contribution in [0.4, 0.5) is 11.4 Å². The topological polar surface area (TPSA) is 95.7 Å². The van der Waals surface area contributed by atoms with E-state index in [1.54, 1.807) is 6.07 Å². The maximum atomic E-state index is 11.6. The summed E-state index contributed by atoms with van der Waals surface area (Å²) in [7, 11) is 1.81. The van der Waals surface area contributed by atoms with Crippen LogP contribution in [0.3, 0.4) is 0 Å². The van der Waals surface area contributed by atoms with Crippen molar-refractivity contribution >= 4 is 23.3 Å². The molecule has 0 aromatic heterocycles. The fourth-order valence-electron chi connectivity index (χ4n) is 1.82. The largest absolute Gasteiger partial charge is 0.478 e. The number of rotatable bonds is 6. The zero-order valence-electron chi connectivity index (χ0n) is 12.0. The number of carbonyl (C=O) groups is 2. The molecule has 0 spiro atoms. The minimum atomic E-state index is -1.01. The molecule has 0 atom stereocenters. The number of anilines is 2. The highest BCUT2D eigenvalue weighted by atomic mass is 16.4. The lowest BCUT2D eigenvalue weighted by atomic mass is 10.1. The number of carbonyl (C=O) groups excluding carboxylic acids is 1. The SMILES string of the molecule is CC(C)NC(=O)CCN(C)c1ccc(C(=O)O)cc1N. The fraction of sp³-hybridized carbons (Fsp3) is 0.429. The predicted molar refractivity (Wildman–Crippen MR) is 79.0 cm³/mol. The summed E-state index contributed by atoms with van der Waals surface area (Å²) in [5.74, 6) is -1.03. The van der Waals surface area contributed by atoms with Crippen LogP contribution in [0.1, 0.15) is 30.6 Å². The van der Waals surface area contributed by atoms with E-state index in [4.69, 9.17) is 10.8 Å². The molecule has 0 radical (unpaired) electrons. The first kappa shape index (κ1) is 15.8. The Morgan fingerprint density at radius 2 is 2.05 bits per heavy atom. The van der Waals surface area contributed by atoms with Gasteiger partial charge in [0, 0.05) is 26.1 Å². The second-order valence-electron chi connectivity index (χ2n) is 4.97. The molecule has 0 saturated heterocycles. The van der Waals surface area contributed by atoms with E-state index in [1.165, 1.54) is 12.1 Å². The number of carboxylic acid groups (broad SMARTS) is 1. The standard InChI is InChI=1S/C14H21N3O3/c1-9(2)16-13(18)6-7-17(3)12-5-4-10(14(19)20)8-11(12)15/h4-5,8-9H,6-7,15H2,1-3H3,(H,16,18)(H,19,20). The van der Waals surface area contributed by atoms with E-state index in [1.807, 2.05) is 25.8 Å². The molecule has 6 nitrogen and oxygen atoms in total. The Bertz CT molecular complexity index is 500. The number of amides is 1. The summed E-state index contributed by atoms with van der Waals surface area (Å²) in [5.41, 5.74) is 7.09. The van der Waals surface area contributed by atoms with Crippen molar-refractivity contribution in [3.8, 4) is 0 Å². The van der Waals surface area contributed by atoms with E-state index < -0.39 is 5.97 Å². The lowest BCUT2D eigenvalue weighted by molar-refractivity contribution is -0.121. The highest BCUT2D eigenvalue weighted by Gasteiger charge is 2.11. The second kappa shape index (κ2) is 6.79. The Morgan fingerprint density at radius 3 is 2.55 bits per heavy atom. The summed E-state index contributed by atoms with van der Waals surface area (Å²) in [4.78, 5) is 24.2. The number of nitrogens with zero attached hydrogens (tertiary/aromatic N) is 1. The molecule has 0 aliphatic carbocycles. The number of hydrogen-bond donors (Lipinski definition) is 3. The van der Waals surface area contributed by atoms with Crippen LogP contribution in [0.5, 0.6) is 0 Å². The molecule has 0 bridgehead atoms. The third-order valence-electron chi connectivity index (χ3n) is 2.81. The van der Waals surface area contributed by atoms with Crippen molar-refractivity contribution in [1.29, 1.82) is 0 Å². The van der Waals surface area contributed by atoms with E-state index in [0.29, 0.717) is 24.3 Å². The highest BCUT2D eigenvalue weighted by Crippen LogP contribution is 2.23. The van der Waals surface area contributed by atoms with Crippen molar-refractivity contribution in [1.82, 2.24) is 5.32 Å². The van der Waals surface area contributed by atoms with Gasteiger partial charge in [-0.15, -0.1) is 0 Å². The van der Waals surface area contributed by atoms with Gasteiger partial charge in [-0.1, -0.05) is 0 Å². The minimum Gasteiger partial charge on any atom is -0.478 e. The second-order valence-corrected chi connectivity index (χ2v) is 4.97. The molecule has 1 amide bonds. The first-order valence-corrected chi connectivity index (χ1v) is 6.44. The molecule has 0 fully saturated rings. The molecule has 0 unspecified atom stereocenters. The van der Waals surface area contributed by atoms with E-state index in [2.05, 4.69) is 5.32 Å². The molecule has 0 aliphatic heterocycles. The lowest BCUT2D eigenvalue weighted by Gasteiger charge is -2.21. The van der Waals surface area contributed by atoms with Gasteiger partial charge in [0.25, 0.3) is 0 Å². The summed E-state index contributed by atoms with van der Waals surface area (Å²) in [6.45, 7) is 4.32. The van der Waals surface area contributed by atoms with Crippen LogP contribution in [-0.4, -0.2) is 36.6 Å². The zero-order valence-corrected chi connectivity index (χ0v) is 12.0. The quantitative estimate of drug-likeness (QED) is 0.682. The van der Waals surface area contributed by atoms with Crippen molar-refractivity contribution in [2.24, 2.45) is 0 Å². The van der Waals surface area contributed by atoms with Crippen LogP contribution < -0.4 is 16.0 Å². The summed E-state index contributed by atoms with van der Waals surface area (Å²) >= 11 is 0. The Kier molecular flexibility index (Phi) is 5.37. The summed E-state index contributed by atoms with van der Waals surface area (Å²) in [6.07, 6.45) is 0.356. The third kappa shape index (κ3) is 4.46. The van der Waals surface area contributed by atoms with Crippen molar-refractivity contribution < 1.29 is 14.7 Å². The number of benzene rings is 1. The van der Waals surface area contributed by atoms with Gasteiger partial charge in [-0.05, 0) is 32.0 Å². The molecule has 0 saturated carbocycles. The molecule has 0 aliphatic rings. The van der Waals surface area contributed by atoms with Gasteiger partial charge in [-0.2, -0.15) is 0 Å². The Hall–Kier alpha value is -2.24. The van der Waals surface area contributed by atoms with E-state index >= 15 is 0 Å². The monoisotopic (exact) mass is 279 g/mol. The molecule has 1 rings (SSSR count). The van der Waals surface area contributed by atoms with Gasteiger partial charge < -0.3 is 21.1 Å². The molecule has 1 aromatic rings. The summed E-state index contributed by atoms with van der Waals surface area (Å²) in [6, 6.07) is 4.69. The van der Waals surface area contributed by atoms with Crippen LogP contribution >= 0.6 is 0 Å². The lowest BCUT2D eigenvalue weighted by Crippen LogP contribution is -2.33. The fourth-order valence-corrected chi connectivity index (χ4v) is 1.82. The third-order valence-corrected chi connectivity index (χ3v) is 2.81. The number of hydrogen-bond acceptors (Lipinski definition) is 4. The van der Waals surface area contributed by atoms with Crippen molar-refractivity contribution in [3.63, 3.8) is 0 Å². The summed E-state index contributed by atoms with van der Waals surface area (Å²) < 4.78 is 0. The maximum absolute atomic E-state index is 11.6. The first-order chi connectivity index (χ1) is 9.31. The van der Waals surface area contributed by atoms with Crippen LogP contribution in [0.25, 0.3) is 0 Å². The van der Waals surface area contributed by atoms with Crippen LogP contribution in [-0.2, 0) is 4.79 Å². The normalized spacial score (nSPS) is 10.4. The number of carboxylic acids is 1. The highest BCUT2D eigenvalue weighted by molar-refractivity contribution is 5.90. The average molecular weight is 279 g/mol. The van der Waals surface area contributed by atoms with Crippen molar-refractivity contribution in [2.75, 3.05) is 24.2 Å². The number of nitrogens with two attached hydrogens (primary N) is 1. The average Bonchev–Trinajstić information content (AvgIpc) is 2.34. The van der Waals surface area contributed by atoms with Crippen LogP contribution in [0, 0.1) is 0 Å². The Balaban J connectivity index is 2.66. The first-order valence-electron chi connectivity index (χ1n) is 6.44. The molecule has 20 heavy (non-hydrogen) atoms. The molecule has 110 valence electrons.